The molecule has 0 saturated heterocycles. The molecule has 0 saturated carbocycles. The van der Waals surface area contributed by atoms with Crippen LogP contribution in [-0.2, 0) is 6.18 Å². The third-order valence-electron chi connectivity index (χ3n) is 2.97. The molecule has 1 N–H and O–H groups in total. The van der Waals surface area contributed by atoms with E-state index in [0.29, 0.717) is 5.69 Å². The van der Waals surface area contributed by atoms with Gasteiger partial charge in [-0.2, -0.15) is 13.2 Å². The molecule has 128 valence electrons. The molecule has 2 rings (SSSR count). The summed E-state index contributed by atoms with van der Waals surface area (Å²) in [5, 5.41) is 2.22. The highest BCUT2D eigenvalue weighted by molar-refractivity contribution is 6.31. The van der Waals surface area contributed by atoms with Crippen LogP contribution in [0.5, 0.6) is 11.5 Å². The molecule has 0 radical (unpaired) electrons. The topological polar surface area (TPSA) is 41.6 Å². The summed E-state index contributed by atoms with van der Waals surface area (Å²) in [6, 6.07) is 9.26. The summed E-state index contributed by atoms with van der Waals surface area (Å²) in [4.78, 5) is 13.0. The van der Waals surface area contributed by atoms with Gasteiger partial charge in [0.1, 0.15) is 11.5 Å². The molecule has 2 aromatic carbocycles. The largest absolute Gasteiger partial charge is 0.457 e. The number of amides is 2. The number of rotatable bonds is 3. The zero-order chi connectivity index (χ0) is 17.9. The molecule has 2 aromatic rings. The Labute approximate surface area is 141 Å². The summed E-state index contributed by atoms with van der Waals surface area (Å²) in [5.74, 6) is 0.268. The first-order valence-corrected chi connectivity index (χ1v) is 7.17. The van der Waals surface area contributed by atoms with E-state index in [1.807, 2.05) is 0 Å². The molecule has 24 heavy (non-hydrogen) atoms. The SMILES string of the molecule is CN(C)C(=O)Nc1cccc(Oc2ccc(Cl)c(C(F)(F)F)c2)c1. The normalized spacial score (nSPS) is 11.1. The van der Waals surface area contributed by atoms with Gasteiger partial charge in [-0.3, -0.25) is 0 Å². The number of hydrogen-bond acceptors (Lipinski definition) is 2. The fourth-order valence-corrected chi connectivity index (χ4v) is 2.02. The van der Waals surface area contributed by atoms with Crippen LogP contribution >= 0.6 is 11.6 Å². The van der Waals surface area contributed by atoms with Crippen molar-refractivity contribution >= 4 is 23.3 Å². The Morgan fingerprint density at radius 2 is 1.79 bits per heavy atom. The maximum absolute atomic E-state index is 12.9. The van der Waals surface area contributed by atoms with Crippen molar-refractivity contribution < 1.29 is 22.7 Å². The summed E-state index contributed by atoms with van der Waals surface area (Å²) in [5.41, 5.74) is -0.519. The Morgan fingerprint density at radius 3 is 2.42 bits per heavy atom. The molecule has 0 atom stereocenters. The number of anilines is 1. The highest BCUT2D eigenvalue weighted by Gasteiger charge is 2.33. The fraction of sp³-hybridized carbons (Fsp3) is 0.188. The number of nitrogens with zero attached hydrogens (tertiary/aromatic N) is 1. The van der Waals surface area contributed by atoms with Gasteiger partial charge >= 0.3 is 12.2 Å². The number of alkyl halides is 3. The fourth-order valence-electron chi connectivity index (χ4n) is 1.79. The van der Waals surface area contributed by atoms with Crippen molar-refractivity contribution in [1.82, 2.24) is 4.90 Å². The third kappa shape index (κ3) is 4.55. The van der Waals surface area contributed by atoms with Crippen LogP contribution in [0.3, 0.4) is 0 Å². The second kappa shape index (κ2) is 7.00. The first-order valence-electron chi connectivity index (χ1n) is 6.80. The van der Waals surface area contributed by atoms with E-state index in [-0.39, 0.29) is 17.5 Å². The lowest BCUT2D eigenvalue weighted by Gasteiger charge is -2.14. The van der Waals surface area contributed by atoms with Crippen LogP contribution < -0.4 is 10.1 Å². The van der Waals surface area contributed by atoms with Crippen molar-refractivity contribution in [2.45, 2.75) is 6.18 Å². The van der Waals surface area contributed by atoms with Gasteiger partial charge in [-0.25, -0.2) is 4.79 Å². The maximum Gasteiger partial charge on any atom is 0.417 e. The van der Waals surface area contributed by atoms with E-state index in [2.05, 4.69) is 5.32 Å². The molecule has 0 aromatic heterocycles. The molecule has 8 heteroatoms. The monoisotopic (exact) mass is 358 g/mol. The Bertz CT molecular complexity index is 748. The molecule has 0 aliphatic rings. The molecule has 0 fully saturated rings. The van der Waals surface area contributed by atoms with Crippen molar-refractivity contribution in [3.8, 4) is 11.5 Å². The van der Waals surface area contributed by atoms with E-state index in [1.54, 1.807) is 32.3 Å². The van der Waals surface area contributed by atoms with Gasteiger partial charge in [-0.05, 0) is 30.3 Å². The smallest absolute Gasteiger partial charge is 0.417 e. The van der Waals surface area contributed by atoms with Crippen LogP contribution in [0.25, 0.3) is 0 Å². The summed E-state index contributed by atoms with van der Waals surface area (Å²) in [7, 11) is 3.17. The molecular weight excluding hydrogens is 345 g/mol. The number of carbonyl (C=O) groups is 1. The van der Waals surface area contributed by atoms with Crippen molar-refractivity contribution in [2.24, 2.45) is 0 Å². The van der Waals surface area contributed by atoms with Crippen LogP contribution in [0.4, 0.5) is 23.7 Å². The van der Waals surface area contributed by atoms with Crippen LogP contribution in [0, 0.1) is 0 Å². The highest BCUT2D eigenvalue weighted by Crippen LogP contribution is 2.37. The molecule has 0 spiro atoms. The van der Waals surface area contributed by atoms with E-state index in [9.17, 15) is 18.0 Å². The number of halogens is 4. The Kier molecular flexibility index (Phi) is 5.23. The number of carbonyl (C=O) groups excluding carboxylic acids is 1. The van der Waals surface area contributed by atoms with Crippen molar-refractivity contribution in [1.29, 1.82) is 0 Å². The molecule has 0 bridgehead atoms. The van der Waals surface area contributed by atoms with Gasteiger partial charge in [0.05, 0.1) is 10.6 Å². The summed E-state index contributed by atoms with van der Waals surface area (Å²) in [6.07, 6.45) is -4.57. The standard InChI is InChI=1S/C16H14ClF3N2O2/c1-22(2)15(23)21-10-4-3-5-11(8-10)24-12-6-7-14(17)13(9-12)16(18,19)20/h3-9H,1-2H3,(H,21,23). The molecule has 0 unspecified atom stereocenters. The van der Waals surface area contributed by atoms with Crippen LogP contribution in [-0.4, -0.2) is 25.0 Å². The van der Waals surface area contributed by atoms with Gasteiger partial charge in [-0.15, -0.1) is 0 Å². The maximum atomic E-state index is 12.9. The Morgan fingerprint density at radius 1 is 1.12 bits per heavy atom. The van der Waals surface area contributed by atoms with Crippen LogP contribution in [0.15, 0.2) is 42.5 Å². The van der Waals surface area contributed by atoms with Crippen LogP contribution in [0.1, 0.15) is 5.56 Å². The predicted octanol–water partition coefficient (Wildman–Crippen LogP) is 5.24. The average molecular weight is 359 g/mol. The lowest BCUT2D eigenvalue weighted by Crippen LogP contribution is -2.27. The molecule has 0 aliphatic carbocycles. The number of benzene rings is 2. The zero-order valence-electron chi connectivity index (χ0n) is 12.8. The number of ether oxygens (including phenoxy) is 1. The third-order valence-corrected chi connectivity index (χ3v) is 3.30. The molecule has 2 amide bonds. The molecule has 4 nitrogen and oxygen atoms in total. The van der Waals surface area contributed by atoms with Gasteiger partial charge in [-0.1, -0.05) is 17.7 Å². The summed E-state index contributed by atoms with van der Waals surface area (Å²) >= 11 is 5.57. The Hall–Kier alpha value is -2.41. The molecular formula is C16H14ClF3N2O2. The lowest BCUT2D eigenvalue weighted by atomic mass is 10.2. The molecule has 0 heterocycles. The number of nitrogens with one attached hydrogen (secondary N) is 1. The van der Waals surface area contributed by atoms with E-state index in [1.165, 1.54) is 17.0 Å². The van der Waals surface area contributed by atoms with Crippen molar-refractivity contribution in [2.75, 3.05) is 19.4 Å². The highest BCUT2D eigenvalue weighted by atomic mass is 35.5. The average Bonchev–Trinajstić information content (AvgIpc) is 2.48. The minimum atomic E-state index is -4.57. The summed E-state index contributed by atoms with van der Waals surface area (Å²) < 4.78 is 44.0. The minimum absolute atomic E-state index is 0.0113. The number of urea groups is 1. The van der Waals surface area contributed by atoms with E-state index < -0.39 is 16.8 Å². The second-order valence-electron chi connectivity index (χ2n) is 5.09. The molecule has 0 aliphatic heterocycles. The first-order chi connectivity index (χ1) is 11.2. The van der Waals surface area contributed by atoms with Crippen molar-refractivity contribution in [3.05, 3.63) is 53.1 Å². The van der Waals surface area contributed by atoms with Gasteiger partial charge < -0.3 is 15.0 Å². The van der Waals surface area contributed by atoms with Gasteiger partial charge in [0.2, 0.25) is 0 Å². The Balaban J connectivity index is 2.21. The van der Waals surface area contributed by atoms with E-state index in [0.717, 1.165) is 12.1 Å². The first kappa shape index (κ1) is 17.9. The van der Waals surface area contributed by atoms with Gasteiger partial charge in [0.25, 0.3) is 0 Å². The van der Waals surface area contributed by atoms with Crippen LogP contribution in [0.2, 0.25) is 5.02 Å². The van der Waals surface area contributed by atoms with E-state index in [4.69, 9.17) is 16.3 Å². The van der Waals surface area contributed by atoms with E-state index >= 15 is 0 Å². The lowest BCUT2D eigenvalue weighted by molar-refractivity contribution is -0.137. The quantitative estimate of drug-likeness (QED) is 0.814. The van der Waals surface area contributed by atoms with Gasteiger partial charge in [0.15, 0.2) is 0 Å². The second-order valence-corrected chi connectivity index (χ2v) is 5.50. The number of hydrogen-bond donors (Lipinski definition) is 1. The predicted molar refractivity (Wildman–Crippen MR) is 85.7 cm³/mol. The van der Waals surface area contributed by atoms with Gasteiger partial charge in [0, 0.05) is 25.8 Å². The zero-order valence-corrected chi connectivity index (χ0v) is 13.6. The minimum Gasteiger partial charge on any atom is -0.457 e. The van der Waals surface area contributed by atoms with Crippen molar-refractivity contribution in [3.63, 3.8) is 0 Å². The summed E-state index contributed by atoms with van der Waals surface area (Å²) in [6.45, 7) is 0.